The minimum absolute atomic E-state index is 0.0764. The first-order chi connectivity index (χ1) is 10.3. The van der Waals surface area contributed by atoms with Crippen molar-refractivity contribution in [1.82, 2.24) is 10.3 Å². The Bertz CT molecular complexity index is 575. The van der Waals surface area contributed by atoms with E-state index < -0.39 is 17.6 Å². The van der Waals surface area contributed by atoms with Crippen molar-refractivity contribution in [2.45, 2.75) is 38.7 Å². The maximum Gasteiger partial charge on any atom is 0.414 e. The van der Waals surface area contributed by atoms with Gasteiger partial charge in [-0.2, -0.15) is 0 Å². The van der Waals surface area contributed by atoms with Crippen molar-refractivity contribution in [2.24, 2.45) is 0 Å². The summed E-state index contributed by atoms with van der Waals surface area (Å²) in [6.07, 6.45) is -0.00598. The van der Waals surface area contributed by atoms with E-state index in [1.54, 1.807) is 32.9 Å². The molecule has 1 unspecified atom stereocenters. The van der Waals surface area contributed by atoms with Gasteiger partial charge in [0.2, 0.25) is 0 Å². The van der Waals surface area contributed by atoms with Crippen LogP contribution in [0.1, 0.15) is 49.2 Å². The van der Waals surface area contributed by atoms with Crippen molar-refractivity contribution in [1.29, 1.82) is 0 Å². The van der Waals surface area contributed by atoms with E-state index in [1.165, 1.54) is 0 Å². The molecule has 0 aliphatic carbocycles. The van der Waals surface area contributed by atoms with E-state index in [2.05, 4.69) is 10.3 Å². The summed E-state index contributed by atoms with van der Waals surface area (Å²) in [4.78, 5) is 28.1. The summed E-state index contributed by atoms with van der Waals surface area (Å²) in [5, 5.41) is 2.18. The lowest BCUT2D eigenvalue weighted by Gasteiger charge is -2.19. The van der Waals surface area contributed by atoms with Gasteiger partial charge in [0, 0.05) is 12.5 Å². The number of nitrogens with one attached hydrogen (secondary N) is 1. The largest absolute Gasteiger partial charge is 0.444 e. The topological polar surface area (TPSA) is 104 Å². The van der Waals surface area contributed by atoms with Crippen LogP contribution in [0.4, 0.5) is 10.6 Å². The van der Waals surface area contributed by atoms with Crippen LogP contribution in [-0.2, 0) is 9.47 Å². The Hall–Kier alpha value is -2.15. The van der Waals surface area contributed by atoms with Crippen molar-refractivity contribution in [2.75, 3.05) is 18.9 Å². The summed E-state index contributed by atoms with van der Waals surface area (Å²) < 4.78 is 10.4. The first-order valence-corrected chi connectivity index (χ1v) is 7.15. The molecule has 22 heavy (non-hydrogen) atoms. The molecule has 1 fully saturated rings. The lowest BCUT2D eigenvalue weighted by atomic mass is 9.96. The Morgan fingerprint density at radius 3 is 2.73 bits per heavy atom. The normalized spacial score (nSPS) is 18.0. The van der Waals surface area contributed by atoms with Crippen molar-refractivity contribution in [3.63, 3.8) is 0 Å². The highest BCUT2D eigenvalue weighted by molar-refractivity contribution is 6.02. The fraction of sp³-hybridized carbons (Fsp3) is 0.533. The van der Waals surface area contributed by atoms with Gasteiger partial charge in [-0.25, -0.2) is 9.78 Å². The molecular formula is C15H21N3O4. The van der Waals surface area contributed by atoms with Gasteiger partial charge in [0.05, 0.1) is 6.61 Å². The number of carbonyl (C=O) groups is 2. The molecule has 0 spiro atoms. The summed E-state index contributed by atoms with van der Waals surface area (Å²) in [5.74, 6) is -0.326. The molecule has 0 saturated carbocycles. The molecule has 1 atom stereocenters. The number of imide groups is 1. The quantitative estimate of drug-likeness (QED) is 0.864. The van der Waals surface area contributed by atoms with Crippen LogP contribution in [0, 0.1) is 0 Å². The number of amides is 2. The highest BCUT2D eigenvalue weighted by atomic mass is 16.6. The first kappa shape index (κ1) is 16.2. The van der Waals surface area contributed by atoms with E-state index >= 15 is 0 Å². The number of hydrogen-bond acceptors (Lipinski definition) is 6. The summed E-state index contributed by atoms with van der Waals surface area (Å²) in [6.45, 7) is 6.33. The second-order valence-corrected chi connectivity index (χ2v) is 6.19. The van der Waals surface area contributed by atoms with Crippen LogP contribution in [0.25, 0.3) is 0 Å². The van der Waals surface area contributed by atoms with Crippen molar-refractivity contribution >= 4 is 17.8 Å². The second-order valence-electron chi connectivity index (χ2n) is 6.19. The van der Waals surface area contributed by atoms with Gasteiger partial charge < -0.3 is 15.2 Å². The lowest BCUT2D eigenvalue weighted by Crippen LogP contribution is -2.37. The number of alkyl carbamates (subject to hydrolysis) is 1. The molecular weight excluding hydrogens is 286 g/mol. The monoisotopic (exact) mass is 307 g/mol. The molecule has 1 aromatic heterocycles. The SMILES string of the molecule is CC(C)(C)OC(=O)NC(=O)c1nc(N)ccc1C1CCOC1. The van der Waals surface area contributed by atoms with Gasteiger partial charge in [0.15, 0.2) is 0 Å². The standard InChI is InChI=1S/C15H21N3O4/c1-15(2,3)22-14(20)18-13(19)12-10(4-5-11(16)17-12)9-6-7-21-8-9/h4-5,9H,6-8H2,1-3H3,(H2,16,17)(H,18,19,20). The zero-order chi connectivity index (χ0) is 16.3. The molecule has 2 amide bonds. The van der Waals surface area contributed by atoms with E-state index in [0.717, 1.165) is 12.0 Å². The first-order valence-electron chi connectivity index (χ1n) is 7.15. The highest BCUT2D eigenvalue weighted by Gasteiger charge is 2.26. The molecule has 7 nitrogen and oxygen atoms in total. The number of aromatic nitrogens is 1. The fourth-order valence-electron chi connectivity index (χ4n) is 2.23. The average Bonchev–Trinajstić information content (AvgIpc) is 2.89. The van der Waals surface area contributed by atoms with E-state index in [-0.39, 0.29) is 17.4 Å². The molecule has 1 saturated heterocycles. The summed E-state index contributed by atoms with van der Waals surface area (Å²) in [5.41, 5.74) is 5.84. The van der Waals surface area contributed by atoms with E-state index in [4.69, 9.17) is 15.2 Å². The van der Waals surface area contributed by atoms with Gasteiger partial charge in [-0.1, -0.05) is 6.07 Å². The molecule has 120 valence electrons. The van der Waals surface area contributed by atoms with Crippen LogP contribution in [0.5, 0.6) is 0 Å². The molecule has 0 aromatic carbocycles. The molecule has 0 bridgehead atoms. The molecule has 1 aromatic rings. The number of nitrogens with two attached hydrogens (primary N) is 1. The third-order valence-electron chi connectivity index (χ3n) is 3.15. The van der Waals surface area contributed by atoms with E-state index in [0.29, 0.717) is 13.2 Å². The number of rotatable bonds is 2. The Morgan fingerprint density at radius 1 is 1.41 bits per heavy atom. The molecule has 3 N–H and O–H groups in total. The lowest BCUT2D eigenvalue weighted by molar-refractivity contribution is 0.0507. The van der Waals surface area contributed by atoms with Crippen LogP contribution in [0.2, 0.25) is 0 Å². The van der Waals surface area contributed by atoms with Crippen LogP contribution in [-0.4, -0.2) is 35.8 Å². The molecule has 7 heteroatoms. The smallest absolute Gasteiger partial charge is 0.414 e. The maximum atomic E-state index is 12.3. The minimum atomic E-state index is -0.810. The van der Waals surface area contributed by atoms with Gasteiger partial charge in [-0.05, 0) is 38.8 Å². The van der Waals surface area contributed by atoms with Crippen molar-refractivity contribution in [3.05, 3.63) is 23.4 Å². The molecule has 1 aliphatic rings. The summed E-state index contributed by atoms with van der Waals surface area (Å²) >= 11 is 0. The van der Waals surface area contributed by atoms with Gasteiger partial charge in [0.25, 0.3) is 5.91 Å². The minimum Gasteiger partial charge on any atom is -0.444 e. The van der Waals surface area contributed by atoms with Crippen LogP contribution in [0.3, 0.4) is 0 Å². The number of pyridine rings is 1. The zero-order valence-electron chi connectivity index (χ0n) is 13.0. The van der Waals surface area contributed by atoms with Gasteiger partial charge in [-0.15, -0.1) is 0 Å². The number of hydrogen-bond donors (Lipinski definition) is 2. The molecule has 2 heterocycles. The van der Waals surface area contributed by atoms with Crippen LogP contribution in [0.15, 0.2) is 12.1 Å². The molecule has 0 radical (unpaired) electrons. The number of anilines is 1. The summed E-state index contributed by atoms with van der Waals surface area (Å²) in [6, 6.07) is 3.39. The fourth-order valence-corrected chi connectivity index (χ4v) is 2.23. The van der Waals surface area contributed by atoms with Gasteiger partial charge in [0.1, 0.15) is 17.1 Å². The number of nitrogens with zero attached hydrogens (tertiary/aromatic N) is 1. The van der Waals surface area contributed by atoms with E-state index in [1.807, 2.05) is 0 Å². The van der Waals surface area contributed by atoms with Crippen molar-refractivity contribution in [3.8, 4) is 0 Å². The van der Waals surface area contributed by atoms with Gasteiger partial charge >= 0.3 is 6.09 Å². The third-order valence-corrected chi connectivity index (χ3v) is 3.15. The summed E-state index contributed by atoms with van der Waals surface area (Å²) in [7, 11) is 0. The number of ether oxygens (including phenoxy) is 2. The van der Waals surface area contributed by atoms with Crippen molar-refractivity contribution < 1.29 is 19.1 Å². The van der Waals surface area contributed by atoms with E-state index in [9.17, 15) is 9.59 Å². The number of carbonyl (C=O) groups excluding carboxylic acids is 2. The van der Waals surface area contributed by atoms with Crippen LogP contribution < -0.4 is 11.1 Å². The number of nitrogen functional groups attached to an aromatic ring is 1. The Labute approximate surface area is 129 Å². The molecule has 1 aliphatic heterocycles. The van der Waals surface area contributed by atoms with Crippen LogP contribution >= 0.6 is 0 Å². The second kappa shape index (κ2) is 6.31. The highest BCUT2D eigenvalue weighted by Crippen LogP contribution is 2.27. The Balaban J connectivity index is 2.17. The average molecular weight is 307 g/mol. The molecule has 2 rings (SSSR count). The predicted molar refractivity (Wildman–Crippen MR) is 80.5 cm³/mol. The predicted octanol–water partition coefficient (Wildman–Crippen LogP) is 1.83. The zero-order valence-corrected chi connectivity index (χ0v) is 13.0. The van der Waals surface area contributed by atoms with Gasteiger partial charge in [-0.3, -0.25) is 10.1 Å². The Kier molecular flexibility index (Phi) is 4.65. The third kappa shape index (κ3) is 4.17. The maximum absolute atomic E-state index is 12.3. The Morgan fingerprint density at radius 2 is 2.14 bits per heavy atom.